The fourth-order valence-corrected chi connectivity index (χ4v) is 1.59. The van der Waals surface area contributed by atoms with Crippen molar-refractivity contribution in [1.29, 1.82) is 0 Å². The third-order valence-corrected chi connectivity index (χ3v) is 2.65. The molecule has 2 aromatic rings. The predicted octanol–water partition coefficient (Wildman–Crippen LogP) is 3.14. The molecule has 0 aliphatic rings. The summed E-state index contributed by atoms with van der Waals surface area (Å²) >= 11 is 8.97. The minimum Gasteiger partial charge on any atom is -0.321 e. The fraction of sp³-hybridized carbons (Fsp3) is 0. The van der Waals surface area contributed by atoms with Crippen LogP contribution in [0.25, 0.3) is 0 Å². The molecule has 0 aliphatic carbocycles. The summed E-state index contributed by atoms with van der Waals surface area (Å²) in [6, 6.07) is 7.22. The third kappa shape index (κ3) is 3.25. The van der Waals surface area contributed by atoms with Gasteiger partial charge < -0.3 is 5.32 Å². The number of hydrogen-bond donors (Lipinski definition) is 1. The average molecular weight is 313 g/mol. The van der Waals surface area contributed by atoms with Gasteiger partial charge in [0, 0.05) is 10.2 Å². The minimum atomic E-state index is -0.345. The van der Waals surface area contributed by atoms with E-state index in [1.165, 1.54) is 12.4 Å². The second kappa shape index (κ2) is 5.25. The Balaban J connectivity index is 2.14. The molecule has 86 valence electrons. The van der Waals surface area contributed by atoms with Crippen molar-refractivity contribution in [1.82, 2.24) is 9.97 Å². The Bertz CT molecular complexity index is 545. The highest BCUT2D eigenvalue weighted by atomic mass is 79.9. The first-order valence-corrected chi connectivity index (χ1v) is 5.87. The zero-order valence-electron chi connectivity index (χ0n) is 8.52. The van der Waals surface area contributed by atoms with E-state index in [2.05, 4.69) is 31.2 Å². The van der Waals surface area contributed by atoms with E-state index in [0.717, 1.165) is 4.47 Å². The maximum atomic E-state index is 11.8. The normalized spacial score (nSPS) is 10.0. The van der Waals surface area contributed by atoms with E-state index in [-0.39, 0.29) is 16.8 Å². The summed E-state index contributed by atoms with van der Waals surface area (Å²) in [7, 11) is 0. The monoisotopic (exact) mass is 311 g/mol. The molecular formula is C11H7BrClN3O. The molecule has 6 heteroatoms. The van der Waals surface area contributed by atoms with Gasteiger partial charge in [-0.1, -0.05) is 27.5 Å². The zero-order valence-corrected chi connectivity index (χ0v) is 10.9. The number of hydrogen-bond acceptors (Lipinski definition) is 3. The second-order valence-electron chi connectivity index (χ2n) is 3.19. The van der Waals surface area contributed by atoms with Gasteiger partial charge >= 0.3 is 0 Å². The van der Waals surface area contributed by atoms with Gasteiger partial charge in [-0.3, -0.25) is 9.78 Å². The molecule has 0 radical (unpaired) electrons. The number of nitrogens with one attached hydrogen (secondary N) is 1. The Morgan fingerprint density at radius 1 is 1.24 bits per heavy atom. The van der Waals surface area contributed by atoms with Crippen LogP contribution in [0.1, 0.15) is 10.5 Å². The Hall–Kier alpha value is -1.46. The molecule has 1 N–H and O–H groups in total. The van der Waals surface area contributed by atoms with Gasteiger partial charge in [0.15, 0.2) is 0 Å². The molecule has 0 saturated carbocycles. The summed E-state index contributed by atoms with van der Waals surface area (Å²) in [6.07, 6.45) is 2.73. The van der Waals surface area contributed by atoms with Crippen LogP contribution in [-0.2, 0) is 0 Å². The maximum Gasteiger partial charge on any atom is 0.275 e. The highest BCUT2D eigenvalue weighted by molar-refractivity contribution is 9.10. The number of amides is 1. The van der Waals surface area contributed by atoms with Gasteiger partial charge in [-0.05, 0) is 24.3 Å². The Kier molecular flexibility index (Phi) is 3.71. The topological polar surface area (TPSA) is 54.9 Å². The molecule has 1 aromatic heterocycles. The van der Waals surface area contributed by atoms with Crippen LogP contribution in [0, 0.1) is 0 Å². The van der Waals surface area contributed by atoms with Crippen LogP contribution >= 0.6 is 27.5 Å². The number of carbonyl (C=O) groups excluding carboxylic acids is 1. The minimum absolute atomic E-state index is 0.181. The van der Waals surface area contributed by atoms with E-state index in [9.17, 15) is 4.79 Å². The van der Waals surface area contributed by atoms with Crippen molar-refractivity contribution in [3.63, 3.8) is 0 Å². The first kappa shape index (κ1) is 12.0. The molecule has 4 nitrogen and oxygen atoms in total. The van der Waals surface area contributed by atoms with Crippen molar-refractivity contribution in [3.05, 3.63) is 52.0 Å². The lowest BCUT2D eigenvalue weighted by Crippen LogP contribution is -2.13. The first-order chi connectivity index (χ1) is 8.15. The highest BCUT2D eigenvalue weighted by Gasteiger charge is 2.08. The van der Waals surface area contributed by atoms with Gasteiger partial charge in [-0.2, -0.15) is 0 Å². The zero-order chi connectivity index (χ0) is 12.3. The molecule has 1 heterocycles. The number of rotatable bonds is 2. The van der Waals surface area contributed by atoms with Crippen LogP contribution in [0.3, 0.4) is 0 Å². The van der Waals surface area contributed by atoms with Crippen molar-refractivity contribution in [3.8, 4) is 0 Å². The van der Waals surface area contributed by atoms with Crippen molar-refractivity contribution in [2.24, 2.45) is 0 Å². The maximum absolute atomic E-state index is 11.8. The summed E-state index contributed by atoms with van der Waals surface area (Å²) in [5, 5.41) is 2.88. The molecule has 0 unspecified atom stereocenters. The number of halogens is 2. The van der Waals surface area contributed by atoms with Gasteiger partial charge in [0.1, 0.15) is 10.8 Å². The van der Waals surface area contributed by atoms with E-state index in [4.69, 9.17) is 11.6 Å². The molecule has 0 atom stereocenters. The summed E-state index contributed by atoms with van der Waals surface area (Å²) in [4.78, 5) is 19.4. The largest absolute Gasteiger partial charge is 0.321 e. The van der Waals surface area contributed by atoms with E-state index in [1.54, 1.807) is 12.1 Å². The molecule has 0 bridgehead atoms. The van der Waals surface area contributed by atoms with Crippen molar-refractivity contribution in [2.45, 2.75) is 0 Å². The number of aromatic nitrogens is 2. The molecule has 2 rings (SSSR count). The van der Waals surface area contributed by atoms with Crippen LogP contribution in [0.5, 0.6) is 0 Å². The van der Waals surface area contributed by atoms with Crippen LogP contribution in [-0.4, -0.2) is 15.9 Å². The van der Waals surface area contributed by atoms with Crippen molar-refractivity contribution >= 4 is 39.1 Å². The van der Waals surface area contributed by atoms with E-state index in [1.807, 2.05) is 12.1 Å². The molecule has 1 aromatic carbocycles. The Morgan fingerprint density at radius 2 is 1.94 bits per heavy atom. The lowest BCUT2D eigenvalue weighted by atomic mass is 10.3. The first-order valence-electron chi connectivity index (χ1n) is 4.69. The van der Waals surface area contributed by atoms with Gasteiger partial charge in [0.25, 0.3) is 5.91 Å². The second-order valence-corrected chi connectivity index (χ2v) is 4.49. The van der Waals surface area contributed by atoms with Gasteiger partial charge in [0.05, 0.1) is 12.4 Å². The van der Waals surface area contributed by atoms with Crippen LogP contribution in [0.4, 0.5) is 5.69 Å². The third-order valence-electron chi connectivity index (χ3n) is 1.94. The van der Waals surface area contributed by atoms with Gasteiger partial charge in [-0.15, -0.1) is 0 Å². The summed E-state index contributed by atoms with van der Waals surface area (Å²) < 4.78 is 0.943. The lowest BCUT2D eigenvalue weighted by molar-refractivity contribution is 0.102. The van der Waals surface area contributed by atoms with E-state index < -0.39 is 0 Å². The number of carbonyl (C=O) groups is 1. The fourth-order valence-electron chi connectivity index (χ4n) is 1.18. The average Bonchev–Trinajstić information content (AvgIpc) is 2.32. The quantitative estimate of drug-likeness (QED) is 0.927. The summed E-state index contributed by atoms with van der Waals surface area (Å²) in [5.74, 6) is -0.345. The van der Waals surface area contributed by atoms with E-state index >= 15 is 0 Å². The SMILES string of the molecule is O=C(Nc1ccc(Br)cc1)c1cncc(Cl)n1. The molecule has 1 amide bonds. The Morgan fingerprint density at radius 3 is 2.59 bits per heavy atom. The number of benzene rings is 1. The van der Waals surface area contributed by atoms with Gasteiger partial charge in [-0.25, -0.2) is 4.98 Å². The van der Waals surface area contributed by atoms with Crippen LogP contribution in [0.2, 0.25) is 5.15 Å². The molecule has 17 heavy (non-hydrogen) atoms. The molecule has 0 fully saturated rings. The smallest absolute Gasteiger partial charge is 0.275 e. The van der Waals surface area contributed by atoms with Crippen LogP contribution in [0.15, 0.2) is 41.1 Å². The summed E-state index contributed by atoms with van der Waals surface area (Å²) in [6.45, 7) is 0. The predicted molar refractivity (Wildman–Crippen MR) is 69.1 cm³/mol. The highest BCUT2D eigenvalue weighted by Crippen LogP contribution is 2.14. The molecule has 0 spiro atoms. The van der Waals surface area contributed by atoms with Crippen molar-refractivity contribution < 1.29 is 4.79 Å². The summed E-state index contributed by atoms with van der Waals surface area (Å²) in [5.41, 5.74) is 0.861. The van der Waals surface area contributed by atoms with E-state index in [0.29, 0.717) is 5.69 Å². The van der Waals surface area contributed by atoms with Gasteiger partial charge in [0.2, 0.25) is 0 Å². The standard InChI is InChI=1S/C11H7BrClN3O/c12-7-1-3-8(4-2-7)15-11(17)9-5-14-6-10(13)16-9/h1-6H,(H,15,17). The molecular weight excluding hydrogens is 305 g/mol. The van der Waals surface area contributed by atoms with Crippen molar-refractivity contribution in [2.75, 3.05) is 5.32 Å². The molecule has 0 saturated heterocycles. The number of anilines is 1. The van der Waals surface area contributed by atoms with Crippen LogP contribution < -0.4 is 5.32 Å². The Labute approximate surface area is 111 Å². The molecule has 0 aliphatic heterocycles. The lowest BCUT2D eigenvalue weighted by Gasteiger charge is -2.04. The number of nitrogens with zero attached hydrogens (tertiary/aromatic N) is 2.